The minimum Gasteiger partial charge on any atom is -0.481 e. The molecule has 0 saturated heterocycles. The van der Waals surface area contributed by atoms with Crippen LogP contribution in [0.25, 0.3) is 0 Å². The van der Waals surface area contributed by atoms with Gasteiger partial charge in [0.25, 0.3) is 0 Å². The fourth-order valence-electron chi connectivity index (χ4n) is 1.29. The Labute approximate surface area is 108 Å². The number of urea groups is 1. The van der Waals surface area contributed by atoms with Gasteiger partial charge in [-0.15, -0.1) is 0 Å². The van der Waals surface area contributed by atoms with Gasteiger partial charge in [-0.05, 0) is 26.0 Å². The van der Waals surface area contributed by atoms with E-state index in [2.05, 4.69) is 10.6 Å². The monoisotopic (exact) mass is 272 g/mol. The molecule has 0 aliphatic carbocycles. The maximum Gasteiger partial charge on any atom is 0.319 e. The number of carboxylic acid groups (broad SMARTS) is 1. The fraction of sp³-hybridized carbons (Fsp3) is 0.333. The van der Waals surface area contributed by atoms with Crippen molar-refractivity contribution in [2.45, 2.75) is 19.9 Å². The van der Waals surface area contributed by atoms with Crippen LogP contribution < -0.4 is 10.6 Å². The zero-order valence-electron chi connectivity index (χ0n) is 10.4. The first-order valence-electron chi connectivity index (χ1n) is 5.56. The van der Waals surface area contributed by atoms with E-state index in [1.807, 2.05) is 0 Å². The molecular formula is C12H14F2N2O3. The summed E-state index contributed by atoms with van der Waals surface area (Å²) in [5, 5.41) is 13.3. The van der Waals surface area contributed by atoms with E-state index < -0.39 is 35.6 Å². The van der Waals surface area contributed by atoms with Crippen LogP contribution in [0.4, 0.5) is 19.3 Å². The molecule has 19 heavy (non-hydrogen) atoms. The number of rotatable bonds is 4. The molecule has 7 heteroatoms. The number of hydrogen-bond donors (Lipinski definition) is 3. The molecule has 5 nitrogen and oxygen atoms in total. The molecule has 0 fully saturated rings. The smallest absolute Gasteiger partial charge is 0.319 e. The fourth-order valence-corrected chi connectivity index (χ4v) is 1.29. The summed E-state index contributed by atoms with van der Waals surface area (Å²) in [6.07, 6.45) is 0. The molecule has 0 saturated carbocycles. The number of hydrogen-bond acceptors (Lipinski definition) is 2. The van der Waals surface area contributed by atoms with Crippen LogP contribution >= 0.6 is 0 Å². The van der Waals surface area contributed by atoms with Crippen LogP contribution in [-0.2, 0) is 4.79 Å². The summed E-state index contributed by atoms with van der Waals surface area (Å²) < 4.78 is 25.9. The normalized spacial score (nSPS) is 13.5. The summed E-state index contributed by atoms with van der Waals surface area (Å²) >= 11 is 0. The van der Waals surface area contributed by atoms with Gasteiger partial charge < -0.3 is 15.7 Å². The molecule has 1 aromatic carbocycles. The minimum atomic E-state index is -1.05. The zero-order chi connectivity index (χ0) is 14.6. The van der Waals surface area contributed by atoms with Gasteiger partial charge in [0.2, 0.25) is 0 Å². The third kappa shape index (κ3) is 4.20. The summed E-state index contributed by atoms with van der Waals surface area (Å²) in [5.74, 6) is -3.50. The number of nitrogens with one attached hydrogen (secondary N) is 2. The molecule has 1 aromatic rings. The number of benzene rings is 1. The van der Waals surface area contributed by atoms with Crippen molar-refractivity contribution in [3.8, 4) is 0 Å². The average Bonchev–Trinajstić information content (AvgIpc) is 2.31. The van der Waals surface area contributed by atoms with Crippen molar-refractivity contribution in [2.75, 3.05) is 5.32 Å². The zero-order valence-corrected chi connectivity index (χ0v) is 10.4. The summed E-state index contributed by atoms with van der Waals surface area (Å²) in [4.78, 5) is 22.2. The molecule has 2 amide bonds. The highest BCUT2D eigenvalue weighted by molar-refractivity contribution is 5.89. The van der Waals surface area contributed by atoms with Gasteiger partial charge in [0.15, 0.2) is 0 Å². The lowest BCUT2D eigenvalue weighted by atomic mass is 10.0. The predicted octanol–water partition coefficient (Wildman–Crippen LogP) is 2.20. The van der Waals surface area contributed by atoms with Crippen molar-refractivity contribution >= 4 is 17.7 Å². The first kappa shape index (κ1) is 14.9. The maximum atomic E-state index is 13.3. The lowest BCUT2D eigenvalue weighted by Gasteiger charge is -2.18. The van der Waals surface area contributed by atoms with E-state index in [0.717, 1.165) is 12.1 Å². The summed E-state index contributed by atoms with van der Waals surface area (Å²) in [7, 11) is 0. The molecule has 0 bridgehead atoms. The number of amides is 2. The molecule has 0 spiro atoms. The third-order valence-electron chi connectivity index (χ3n) is 2.68. The highest BCUT2D eigenvalue weighted by atomic mass is 19.1. The van der Waals surface area contributed by atoms with E-state index in [9.17, 15) is 18.4 Å². The van der Waals surface area contributed by atoms with Crippen LogP contribution in [-0.4, -0.2) is 23.1 Å². The predicted molar refractivity (Wildman–Crippen MR) is 64.8 cm³/mol. The van der Waals surface area contributed by atoms with Crippen LogP contribution in [0.15, 0.2) is 18.2 Å². The van der Waals surface area contributed by atoms with Gasteiger partial charge in [-0.2, -0.15) is 0 Å². The van der Waals surface area contributed by atoms with Crippen molar-refractivity contribution in [3.05, 3.63) is 29.8 Å². The van der Waals surface area contributed by atoms with Crippen molar-refractivity contribution in [3.63, 3.8) is 0 Å². The van der Waals surface area contributed by atoms with Crippen molar-refractivity contribution in [1.82, 2.24) is 5.32 Å². The SMILES string of the molecule is CC(NC(=O)Nc1ccc(F)cc1F)C(C)C(=O)O. The Hall–Kier alpha value is -2.18. The standard InChI is InChI=1S/C12H14F2N2O3/c1-6(11(17)18)7(2)15-12(19)16-10-4-3-8(13)5-9(10)14/h3-7H,1-2H3,(H,17,18)(H2,15,16,19). The van der Waals surface area contributed by atoms with Crippen LogP contribution in [0.1, 0.15) is 13.8 Å². The number of carboxylic acids is 1. The van der Waals surface area contributed by atoms with E-state index in [-0.39, 0.29) is 5.69 Å². The Kier molecular flexibility index (Phi) is 4.80. The van der Waals surface area contributed by atoms with E-state index in [1.54, 1.807) is 0 Å². The Balaban J connectivity index is 2.63. The molecule has 0 aliphatic heterocycles. The molecule has 1 rings (SSSR count). The van der Waals surface area contributed by atoms with Gasteiger partial charge in [-0.3, -0.25) is 4.79 Å². The lowest BCUT2D eigenvalue weighted by Crippen LogP contribution is -2.42. The Morgan fingerprint density at radius 3 is 2.42 bits per heavy atom. The second-order valence-corrected chi connectivity index (χ2v) is 4.14. The molecule has 3 N–H and O–H groups in total. The Morgan fingerprint density at radius 1 is 1.26 bits per heavy atom. The molecule has 0 aliphatic rings. The molecule has 104 valence electrons. The molecular weight excluding hydrogens is 258 g/mol. The van der Waals surface area contributed by atoms with E-state index in [4.69, 9.17) is 5.11 Å². The molecule has 0 aromatic heterocycles. The highest BCUT2D eigenvalue weighted by Gasteiger charge is 2.21. The number of carbonyl (C=O) groups excluding carboxylic acids is 1. The van der Waals surface area contributed by atoms with Crippen LogP contribution in [0, 0.1) is 17.6 Å². The Bertz CT molecular complexity index is 494. The molecule has 2 atom stereocenters. The first-order chi connectivity index (χ1) is 8.81. The number of carbonyl (C=O) groups is 2. The first-order valence-corrected chi connectivity index (χ1v) is 5.56. The van der Waals surface area contributed by atoms with Gasteiger partial charge in [0.1, 0.15) is 11.6 Å². The second kappa shape index (κ2) is 6.12. The average molecular weight is 272 g/mol. The van der Waals surface area contributed by atoms with Crippen LogP contribution in [0.3, 0.4) is 0 Å². The van der Waals surface area contributed by atoms with E-state index in [0.29, 0.717) is 6.07 Å². The second-order valence-electron chi connectivity index (χ2n) is 4.14. The minimum absolute atomic E-state index is 0.186. The largest absolute Gasteiger partial charge is 0.481 e. The highest BCUT2D eigenvalue weighted by Crippen LogP contribution is 2.14. The molecule has 2 unspecified atom stereocenters. The summed E-state index contributed by atoms with van der Waals surface area (Å²) in [6.45, 7) is 2.95. The van der Waals surface area contributed by atoms with Crippen molar-refractivity contribution < 1.29 is 23.5 Å². The van der Waals surface area contributed by atoms with Gasteiger partial charge in [-0.25, -0.2) is 13.6 Å². The summed E-state index contributed by atoms with van der Waals surface area (Å²) in [6, 6.07) is 1.32. The van der Waals surface area contributed by atoms with Gasteiger partial charge in [0.05, 0.1) is 11.6 Å². The van der Waals surface area contributed by atoms with Crippen molar-refractivity contribution in [1.29, 1.82) is 0 Å². The number of aliphatic carboxylic acids is 1. The summed E-state index contributed by atoms with van der Waals surface area (Å²) in [5.41, 5.74) is -0.186. The molecule has 0 heterocycles. The van der Waals surface area contributed by atoms with Crippen molar-refractivity contribution in [2.24, 2.45) is 5.92 Å². The lowest BCUT2D eigenvalue weighted by molar-refractivity contribution is -0.141. The van der Waals surface area contributed by atoms with Gasteiger partial charge >= 0.3 is 12.0 Å². The topological polar surface area (TPSA) is 78.4 Å². The third-order valence-corrected chi connectivity index (χ3v) is 2.68. The Morgan fingerprint density at radius 2 is 1.89 bits per heavy atom. The van der Waals surface area contributed by atoms with E-state index >= 15 is 0 Å². The number of halogens is 2. The van der Waals surface area contributed by atoms with Crippen LogP contribution in [0.2, 0.25) is 0 Å². The van der Waals surface area contributed by atoms with Gasteiger partial charge in [0, 0.05) is 12.1 Å². The molecule has 0 radical (unpaired) electrons. The quantitative estimate of drug-likeness (QED) is 0.786. The van der Waals surface area contributed by atoms with Crippen LogP contribution in [0.5, 0.6) is 0 Å². The van der Waals surface area contributed by atoms with E-state index in [1.165, 1.54) is 13.8 Å². The van der Waals surface area contributed by atoms with Gasteiger partial charge in [-0.1, -0.05) is 0 Å². The maximum absolute atomic E-state index is 13.3. The number of anilines is 1.